The van der Waals surface area contributed by atoms with Crippen LogP contribution < -0.4 is 10.2 Å². The van der Waals surface area contributed by atoms with E-state index in [1.165, 1.54) is 5.69 Å². The van der Waals surface area contributed by atoms with Crippen molar-refractivity contribution in [3.05, 3.63) is 65.7 Å². The van der Waals surface area contributed by atoms with E-state index < -0.39 is 0 Å². The molecule has 0 atom stereocenters. The first-order chi connectivity index (χ1) is 16.3. The van der Waals surface area contributed by atoms with E-state index in [9.17, 15) is 0 Å². The largest absolute Gasteiger partial charge is 0.378 e. The fourth-order valence-electron chi connectivity index (χ4n) is 3.98. The molecule has 0 radical (unpaired) electrons. The Hall–Kier alpha value is -3.40. The minimum atomic E-state index is 0.564. The number of hydrogen-bond donors (Lipinski definition) is 1. The molecule has 1 fully saturated rings. The number of benzene rings is 2. The molecule has 7 nitrogen and oxygen atoms in total. The summed E-state index contributed by atoms with van der Waals surface area (Å²) < 4.78 is 5.44. The first-order valence-corrected chi connectivity index (χ1v) is 12.4. The molecule has 4 heterocycles. The summed E-state index contributed by atoms with van der Waals surface area (Å²) in [6.45, 7) is 3.40. The molecule has 1 N–H and O–H groups in total. The van der Waals surface area contributed by atoms with E-state index in [0.717, 1.165) is 64.0 Å². The van der Waals surface area contributed by atoms with Crippen molar-refractivity contribution in [1.82, 2.24) is 19.9 Å². The van der Waals surface area contributed by atoms with Crippen molar-refractivity contribution in [3.63, 3.8) is 0 Å². The van der Waals surface area contributed by atoms with Crippen LogP contribution in [0, 0.1) is 0 Å². The van der Waals surface area contributed by atoms with Crippen LogP contribution in [-0.4, -0.2) is 46.2 Å². The standard InChI is InChI=1S/C24H20N6OS2/c1-3-17(30-9-11-31-12-10-30)4-2-16(1)28-24-27-15-19-20(29-24)6-5-18(22-25-7-13-32-22)21(19)23-26-8-14-33-23/h1-8,13-15H,9-12H2,(H,27,28,29). The van der Waals surface area contributed by atoms with E-state index in [4.69, 9.17) is 9.72 Å². The average molecular weight is 473 g/mol. The van der Waals surface area contributed by atoms with Crippen LogP contribution in [0.4, 0.5) is 17.3 Å². The van der Waals surface area contributed by atoms with Crippen molar-refractivity contribution in [3.8, 4) is 21.1 Å². The summed E-state index contributed by atoms with van der Waals surface area (Å²) in [6.07, 6.45) is 5.52. The van der Waals surface area contributed by atoms with Gasteiger partial charge in [0.25, 0.3) is 0 Å². The lowest BCUT2D eigenvalue weighted by molar-refractivity contribution is 0.122. The van der Waals surface area contributed by atoms with Crippen LogP contribution >= 0.6 is 22.7 Å². The van der Waals surface area contributed by atoms with Crippen molar-refractivity contribution in [2.24, 2.45) is 0 Å². The predicted octanol–water partition coefficient (Wildman–Crippen LogP) is 5.46. The van der Waals surface area contributed by atoms with Gasteiger partial charge in [-0.1, -0.05) is 0 Å². The lowest BCUT2D eigenvalue weighted by atomic mass is 10.0. The summed E-state index contributed by atoms with van der Waals surface area (Å²) in [5.74, 6) is 0.564. The van der Waals surface area contributed by atoms with Crippen LogP contribution in [0.15, 0.2) is 65.7 Å². The summed E-state index contributed by atoms with van der Waals surface area (Å²) in [5.41, 5.74) is 5.09. The molecule has 0 spiro atoms. The third-order valence-corrected chi connectivity index (χ3v) is 7.17. The maximum absolute atomic E-state index is 5.44. The van der Waals surface area contributed by atoms with Crippen LogP contribution in [0.5, 0.6) is 0 Å². The van der Waals surface area contributed by atoms with Crippen molar-refractivity contribution in [1.29, 1.82) is 0 Å². The molecule has 164 valence electrons. The van der Waals surface area contributed by atoms with Crippen molar-refractivity contribution in [2.75, 3.05) is 36.5 Å². The van der Waals surface area contributed by atoms with Gasteiger partial charge >= 0.3 is 0 Å². The predicted molar refractivity (Wildman–Crippen MR) is 135 cm³/mol. The van der Waals surface area contributed by atoms with Crippen molar-refractivity contribution in [2.45, 2.75) is 0 Å². The van der Waals surface area contributed by atoms with E-state index in [1.54, 1.807) is 22.7 Å². The molecule has 3 aromatic heterocycles. The van der Waals surface area contributed by atoms with E-state index >= 15 is 0 Å². The zero-order valence-electron chi connectivity index (χ0n) is 17.6. The van der Waals surface area contributed by atoms with Crippen LogP contribution in [0.3, 0.4) is 0 Å². The minimum Gasteiger partial charge on any atom is -0.378 e. The molecule has 2 aromatic carbocycles. The third kappa shape index (κ3) is 4.06. The second-order valence-electron chi connectivity index (χ2n) is 7.56. The summed E-state index contributed by atoms with van der Waals surface area (Å²) in [6, 6.07) is 12.5. The topological polar surface area (TPSA) is 76.1 Å². The van der Waals surface area contributed by atoms with Gasteiger partial charge < -0.3 is 15.0 Å². The first-order valence-electron chi connectivity index (χ1n) is 10.6. The van der Waals surface area contributed by atoms with Gasteiger partial charge in [-0.3, -0.25) is 0 Å². The molecule has 9 heteroatoms. The molecule has 0 bridgehead atoms. The zero-order valence-corrected chi connectivity index (χ0v) is 19.3. The SMILES string of the molecule is c1csc(-c2ccc3nc(Nc4ccc(N5CCOCC5)cc4)ncc3c2-c2nccs2)n1. The summed E-state index contributed by atoms with van der Waals surface area (Å²) in [5, 5.41) is 10.2. The summed E-state index contributed by atoms with van der Waals surface area (Å²) >= 11 is 3.22. The number of aromatic nitrogens is 4. The average Bonchev–Trinajstić information content (AvgIpc) is 3.59. The Morgan fingerprint density at radius 2 is 1.61 bits per heavy atom. The molecule has 33 heavy (non-hydrogen) atoms. The van der Waals surface area contributed by atoms with Crippen LogP contribution in [-0.2, 0) is 4.74 Å². The molecule has 1 aliphatic heterocycles. The van der Waals surface area contributed by atoms with Gasteiger partial charge in [0.15, 0.2) is 0 Å². The number of fused-ring (bicyclic) bond motifs is 1. The van der Waals surface area contributed by atoms with Gasteiger partial charge in [0.2, 0.25) is 5.95 Å². The van der Waals surface area contributed by atoms with Crippen molar-refractivity contribution < 1.29 is 4.74 Å². The number of morpholine rings is 1. The van der Waals surface area contributed by atoms with Gasteiger partial charge in [-0.2, -0.15) is 0 Å². The Kier molecular flexibility index (Phi) is 5.43. The minimum absolute atomic E-state index is 0.564. The highest BCUT2D eigenvalue weighted by molar-refractivity contribution is 7.14. The molecule has 0 amide bonds. The quantitative estimate of drug-likeness (QED) is 0.364. The van der Waals surface area contributed by atoms with Crippen LogP contribution in [0.2, 0.25) is 0 Å². The fourth-order valence-corrected chi connectivity index (χ4v) is 5.36. The highest BCUT2D eigenvalue weighted by Crippen LogP contribution is 2.39. The molecule has 0 unspecified atom stereocenters. The maximum atomic E-state index is 5.44. The molecule has 0 aliphatic carbocycles. The number of nitrogens with zero attached hydrogens (tertiary/aromatic N) is 5. The molecule has 6 rings (SSSR count). The first kappa shape index (κ1) is 20.2. The second-order valence-corrected chi connectivity index (χ2v) is 9.35. The van der Waals surface area contributed by atoms with E-state index in [1.807, 2.05) is 35.4 Å². The molecule has 0 saturated carbocycles. The fraction of sp³-hybridized carbons (Fsp3) is 0.167. The van der Waals surface area contributed by atoms with Gasteiger partial charge in [0.1, 0.15) is 10.0 Å². The van der Waals surface area contributed by atoms with Gasteiger partial charge in [0, 0.05) is 70.3 Å². The monoisotopic (exact) mass is 472 g/mol. The number of hydrogen-bond acceptors (Lipinski definition) is 9. The van der Waals surface area contributed by atoms with E-state index in [-0.39, 0.29) is 0 Å². The Labute approximate surface area is 198 Å². The smallest absolute Gasteiger partial charge is 0.227 e. The lowest BCUT2D eigenvalue weighted by Crippen LogP contribution is -2.36. The summed E-state index contributed by atoms with van der Waals surface area (Å²) in [4.78, 5) is 20.8. The number of thiazole rings is 2. The Morgan fingerprint density at radius 3 is 2.33 bits per heavy atom. The van der Waals surface area contributed by atoms with Crippen LogP contribution in [0.1, 0.15) is 0 Å². The Bertz CT molecular complexity index is 1360. The van der Waals surface area contributed by atoms with E-state index in [0.29, 0.717) is 5.95 Å². The number of ether oxygens (including phenoxy) is 1. The Morgan fingerprint density at radius 1 is 0.848 bits per heavy atom. The molecule has 5 aromatic rings. The van der Waals surface area contributed by atoms with Crippen LogP contribution in [0.25, 0.3) is 32.0 Å². The third-order valence-electron chi connectivity index (χ3n) is 5.57. The highest BCUT2D eigenvalue weighted by atomic mass is 32.1. The second kappa shape index (κ2) is 8.86. The van der Waals surface area contributed by atoms with Gasteiger partial charge in [-0.25, -0.2) is 19.9 Å². The highest BCUT2D eigenvalue weighted by Gasteiger charge is 2.17. The van der Waals surface area contributed by atoms with Crippen molar-refractivity contribution >= 4 is 50.9 Å². The molecular formula is C24H20N6OS2. The van der Waals surface area contributed by atoms with E-state index in [2.05, 4.69) is 55.5 Å². The molecule has 1 aliphatic rings. The number of nitrogens with one attached hydrogen (secondary N) is 1. The molecule has 1 saturated heterocycles. The van der Waals surface area contributed by atoms with Gasteiger partial charge in [-0.05, 0) is 36.4 Å². The zero-order chi connectivity index (χ0) is 22.0. The number of anilines is 3. The normalized spacial score (nSPS) is 14.0. The number of rotatable bonds is 5. The Balaban J connectivity index is 1.32. The maximum Gasteiger partial charge on any atom is 0.227 e. The molecular weight excluding hydrogens is 452 g/mol. The van der Waals surface area contributed by atoms with Gasteiger partial charge in [0.05, 0.1) is 18.7 Å². The lowest BCUT2D eigenvalue weighted by Gasteiger charge is -2.28. The van der Waals surface area contributed by atoms with Gasteiger partial charge in [-0.15, -0.1) is 22.7 Å². The summed E-state index contributed by atoms with van der Waals surface area (Å²) in [7, 11) is 0.